The van der Waals surface area contributed by atoms with E-state index >= 15 is 0 Å². The number of cyclic esters (lactones) is 1. The largest absolute Gasteiger partial charge is 0.430 e. The van der Waals surface area contributed by atoms with E-state index in [2.05, 4.69) is 31.1 Å². The lowest BCUT2D eigenvalue weighted by Crippen LogP contribution is -2.16. The Balaban J connectivity index is 2.68. The summed E-state index contributed by atoms with van der Waals surface area (Å²) in [5.41, 5.74) is 3.23. The standard InChI is InChI=1S/C13H20O2Si/c1-10(2)12-9-11(15-13(12)14)7-6-8-16(3,4)5/h7,10,12H,9H2,1-5H3/b11-7+. The monoisotopic (exact) mass is 236 g/mol. The van der Waals surface area contributed by atoms with Gasteiger partial charge in [0.15, 0.2) is 0 Å². The second-order valence-corrected chi connectivity index (χ2v) is 10.4. The number of hydrogen-bond donors (Lipinski definition) is 0. The minimum Gasteiger partial charge on any atom is -0.430 e. The topological polar surface area (TPSA) is 26.3 Å². The summed E-state index contributed by atoms with van der Waals surface area (Å²) in [5, 5.41) is 0. The van der Waals surface area contributed by atoms with Crippen LogP contribution in [0.3, 0.4) is 0 Å². The van der Waals surface area contributed by atoms with E-state index in [-0.39, 0.29) is 11.9 Å². The number of esters is 1. The Bertz CT molecular complexity index is 364. The van der Waals surface area contributed by atoms with Crippen LogP contribution in [0.2, 0.25) is 19.6 Å². The molecule has 88 valence electrons. The zero-order valence-electron chi connectivity index (χ0n) is 10.8. The SMILES string of the molecule is CC(C)C1C/C(=C\C#C[Si](C)(C)C)OC1=O. The van der Waals surface area contributed by atoms with Gasteiger partial charge in [-0.25, -0.2) is 0 Å². The molecule has 0 aliphatic carbocycles. The zero-order valence-corrected chi connectivity index (χ0v) is 11.8. The van der Waals surface area contributed by atoms with Gasteiger partial charge in [0.25, 0.3) is 0 Å². The van der Waals surface area contributed by atoms with E-state index < -0.39 is 8.07 Å². The number of carbonyl (C=O) groups excluding carboxylic acids is 1. The lowest BCUT2D eigenvalue weighted by atomic mass is 9.94. The third-order valence-corrected chi connectivity index (χ3v) is 3.33. The summed E-state index contributed by atoms with van der Waals surface area (Å²) in [6, 6.07) is 0. The van der Waals surface area contributed by atoms with Crippen molar-refractivity contribution in [3.05, 3.63) is 11.8 Å². The van der Waals surface area contributed by atoms with Crippen molar-refractivity contribution in [2.45, 2.75) is 39.9 Å². The van der Waals surface area contributed by atoms with Gasteiger partial charge in [-0.2, -0.15) is 0 Å². The third kappa shape index (κ3) is 3.86. The van der Waals surface area contributed by atoms with Crippen LogP contribution in [0.5, 0.6) is 0 Å². The average Bonchev–Trinajstić information content (AvgIpc) is 2.44. The Hall–Kier alpha value is -1.01. The molecule has 0 aromatic heterocycles. The van der Waals surface area contributed by atoms with Gasteiger partial charge >= 0.3 is 5.97 Å². The zero-order chi connectivity index (χ0) is 12.3. The molecule has 0 N–H and O–H groups in total. The highest BCUT2D eigenvalue weighted by molar-refractivity contribution is 6.83. The first kappa shape index (κ1) is 13.1. The van der Waals surface area contributed by atoms with E-state index in [1.165, 1.54) is 0 Å². The highest BCUT2D eigenvalue weighted by atomic mass is 28.3. The smallest absolute Gasteiger partial charge is 0.314 e. The summed E-state index contributed by atoms with van der Waals surface area (Å²) in [6.45, 7) is 10.7. The van der Waals surface area contributed by atoms with Crippen LogP contribution < -0.4 is 0 Å². The first-order chi connectivity index (χ1) is 7.29. The van der Waals surface area contributed by atoms with Crippen LogP contribution in [0.4, 0.5) is 0 Å². The van der Waals surface area contributed by atoms with Gasteiger partial charge in [0.1, 0.15) is 13.8 Å². The normalized spacial score (nSPS) is 23.2. The summed E-state index contributed by atoms with van der Waals surface area (Å²) in [6.07, 6.45) is 2.47. The second-order valence-electron chi connectivity index (χ2n) is 5.61. The van der Waals surface area contributed by atoms with Crippen LogP contribution in [0.15, 0.2) is 11.8 Å². The van der Waals surface area contributed by atoms with Crippen molar-refractivity contribution >= 4 is 14.0 Å². The highest BCUT2D eigenvalue weighted by Gasteiger charge is 2.32. The van der Waals surface area contributed by atoms with Gasteiger partial charge < -0.3 is 4.74 Å². The molecule has 1 fully saturated rings. The first-order valence-corrected chi connectivity index (χ1v) is 9.23. The van der Waals surface area contributed by atoms with Gasteiger partial charge in [-0.1, -0.05) is 39.4 Å². The fraction of sp³-hybridized carbons (Fsp3) is 0.615. The molecule has 0 aromatic rings. The molecule has 0 spiro atoms. The molecule has 1 rings (SSSR count). The van der Waals surface area contributed by atoms with E-state index in [0.29, 0.717) is 12.3 Å². The van der Waals surface area contributed by atoms with Crippen molar-refractivity contribution < 1.29 is 9.53 Å². The number of carbonyl (C=O) groups is 1. The van der Waals surface area contributed by atoms with E-state index in [1.807, 2.05) is 13.8 Å². The van der Waals surface area contributed by atoms with Crippen LogP contribution in [-0.4, -0.2) is 14.0 Å². The number of ether oxygens (including phenoxy) is 1. The van der Waals surface area contributed by atoms with Crippen LogP contribution in [-0.2, 0) is 9.53 Å². The molecular formula is C13H20O2Si. The third-order valence-electron chi connectivity index (χ3n) is 2.44. The summed E-state index contributed by atoms with van der Waals surface area (Å²) in [7, 11) is -1.33. The molecule has 1 unspecified atom stereocenters. The molecule has 0 bridgehead atoms. The van der Waals surface area contributed by atoms with Gasteiger partial charge in [-0.3, -0.25) is 4.79 Å². The van der Waals surface area contributed by atoms with Crippen molar-refractivity contribution in [1.82, 2.24) is 0 Å². The molecule has 2 nitrogen and oxygen atoms in total. The Morgan fingerprint density at radius 2 is 2.06 bits per heavy atom. The lowest BCUT2D eigenvalue weighted by Gasteiger charge is -2.06. The second kappa shape index (κ2) is 4.88. The fourth-order valence-corrected chi connectivity index (χ4v) is 1.98. The van der Waals surface area contributed by atoms with Crippen LogP contribution in [0.1, 0.15) is 20.3 Å². The highest BCUT2D eigenvalue weighted by Crippen LogP contribution is 2.29. The number of allylic oxidation sites excluding steroid dienone is 2. The van der Waals surface area contributed by atoms with Gasteiger partial charge in [-0.05, 0) is 5.92 Å². The first-order valence-electron chi connectivity index (χ1n) is 5.73. The quantitative estimate of drug-likeness (QED) is 0.397. The van der Waals surface area contributed by atoms with Crippen LogP contribution >= 0.6 is 0 Å². The van der Waals surface area contributed by atoms with Crippen molar-refractivity contribution in [3.8, 4) is 11.5 Å². The lowest BCUT2D eigenvalue weighted by molar-refractivity contribution is -0.140. The summed E-state index contributed by atoms with van der Waals surface area (Å²) < 4.78 is 5.19. The summed E-state index contributed by atoms with van der Waals surface area (Å²) in [4.78, 5) is 11.5. The molecule has 1 aliphatic rings. The van der Waals surface area contributed by atoms with E-state index in [9.17, 15) is 4.79 Å². The van der Waals surface area contributed by atoms with Gasteiger partial charge in [-0.15, -0.1) is 5.54 Å². The van der Waals surface area contributed by atoms with Gasteiger partial charge in [0.05, 0.1) is 5.92 Å². The fourth-order valence-electron chi connectivity index (χ4n) is 1.48. The van der Waals surface area contributed by atoms with Crippen molar-refractivity contribution in [3.63, 3.8) is 0 Å². The van der Waals surface area contributed by atoms with Crippen LogP contribution in [0.25, 0.3) is 0 Å². The molecule has 0 saturated carbocycles. The van der Waals surface area contributed by atoms with Crippen molar-refractivity contribution in [2.24, 2.45) is 11.8 Å². The molecular weight excluding hydrogens is 216 g/mol. The molecule has 1 atom stereocenters. The molecule has 0 amide bonds. The van der Waals surface area contributed by atoms with E-state index in [1.54, 1.807) is 6.08 Å². The number of rotatable bonds is 1. The molecule has 0 radical (unpaired) electrons. The minimum atomic E-state index is -1.33. The minimum absolute atomic E-state index is 0.0138. The molecule has 1 heterocycles. The predicted octanol–water partition coefficient (Wildman–Crippen LogP) is 2.97. The number of hydrogen-bond acceptors (Lipinski definition) is 2. The van der Waals surface area contributed by atoms with Gasteiger partial charge in [0.2, 0.25) is 0 Å². The maximum atomic E-state index is 11.5. The Morgan fingerprint density at radius 3 is 2.50 bits per heavy atom. The molecule has 1 saturated heterocycles. The Labute approximate surface area is 99.1 Å². The molecule has 16 heavy (non-hydrogen) atoms. The average molecular weight is 236 g/mol. The summed E-state index contributed by atoms with van der Waals surface area (Å²) in [5.74, 6) is 4.00. The Kier molecular flexibility index (Phi) is 3.98. The van der Waals surface area contributed by atoms with Crippen molar-refractivity contribution in [1.29, 1.82) is 0 Å². The molecule has 0 aromatic carbocycles. The Morgan fingerprint density at radius 1 is 1.44 bits per heavy atom. The van der Waals surface area contributed by atoms with Crippen molar-refractivity contribution in [2.75, 3.05) is 0 Å². The maximum Gasteiger partial charge on any atom is 0.314 e. The van der Waals surface area contributed by atoms with Crippen LogP contribution in [0, 0.1) is 23.3 Å². The molecule has 1 aliphatic heterocycles. The van der Waals surface area contributed by atoms with E-state index in [4.69, 9.17) is 4.74 Å². The van der Waals surface area contributed by atoms with E-state index in [0.717, 1.165) is 5.76 Å². The summed E-state index contributed by atoms with van der Waals surface area (Å²) >= 11 is 0. The molecule has 3 heteroatoms. The predicted molar refractivity (Wildman–Crippen MR) is 68.2 cm³/mol. The maximum absolute atomic E-state index is 11.5. The van der Waals surface area contributed by atoms with Gasteiger partial charge in [0, 0.05) is 12.5 Å².